The summed E-state index contributed by atoms with van der Waals surface area (Å²) >= 11 is 0. The molecule has 2 rings (SSSR count). The van der Waals surface area contributed by atoms with Crippen LogP contribution in [0.2, 0.25) is 0 Å². The maximum Gasteiger partial charge on any atom is 0.329 e. The number of likely N-dealkylation sites (tertiary alicyclic amines) is 1. The first-order chi connectivity index (χ1) is 9.43. The van der Waals surface area contributed by atoms with E-state index < -0.39 is 17.3 Å². The van der Waals surface area contributed by atoms with E-state index in [1.54, 1.807) is 19.1 Å². The van der Waals surface area contributed by atoms with Gasteiger partial charge in [-0.25, -0.2) is 9.18 Å². The predicted octanol–water partition coefficient (Wildman–Crippen LogP) is 2.22. The lowest BCUT2D eigenvalue weighted by atomic mass is 9.88. The van der Waals surface area contributed by atoms with Crippen LogP contribution < -0.4 is 0 Å². The van der Waals surface area contributed by atoms with Gasteiger partial charge in [-0.05, 0) is 43.9 Å². The number of piperidine rings is 1. The van der Waals surface area contributed by atoms with Crippen molar-refractivity contribution >= 4 is 11.9 Å². The number of benzene rings is 1. The van der Waals surface area contributed by atoms with Gasteiger partial charge in [0, 0.05) is 6.54 Å². The molecule has 0 aromatic heterocycles. The van der Waals surface area contributed by atoms with Crippen molar-refractivity contribution in [3.8, 4) is 0 Å². The summed E-state index contributed by atoms with van der Waals surface area (Å²) in [5.41, 5.74) is -0.587. The van der Waals surface area contributed by atoms with Crippen molar-refractivity contribution in [2.24, 2.45) is 0 Å². The van der Waals surface area contributed by atoms with Crippen LogP contribution in [0.3, 0.4) is 0 Å². The molecular formula is C15H18FNO3. The van der Waals surface area contributed by atoms with Gasteiger partial charge in [-0.3, -0.25) is 4.79 Å². The zero-order valence-corrected chi connectivity index (χ0v) is 11.4. The van der Waals surface area contributed by atoms with E-state index >= 15 is 0 Å². The zero-order valence-electron chi connectivity index (χ0n) is 11.4. The largest absolute Gasteiger partial charge is 0.480 e. The molecule has 0 radical (unpaired) electrons. The number of rotatable bonds is 3. The van der Waals surface area contributed by atoms with Crippen LogP contribution in [0.25, 0.3) is 0 Å². The molecule has 108 valence electrons. The third-order valence-corrected chi connectivity index (χ3v) is 3.90. The van der Waals surface area contributed by atoms with Crippen LogP contribution in [-0.4, -0.2) is 34.0 Å². The maximum atomic E-state index is 13.1. The maximum absolute atomic E-state index is 13.1. The molecule has 1 atom stereocenters. The lowest BCUT2D eigenvalue weighted by Crippen LogP contribution is -2.57. The number of amides is 1. The first-order valence-electron chi connectivity index (χ1n) is 6.72. The van der Waals surface area contributed by atoms with Gasteiger partial charge in [0.15, 0.2) is 0 Å². The SMILES string of the molecule is CC1(C(=O)O)CCCCN1C(=O)Cc1cccc(F)c1. The first kappa shape index (κ1) is 14.5. The van der Waals surface area contributed by atoms with Crippen molar-refractivity contribution in [2.45, 2.75) is 38.1 Å². The summed E-state index contributed by atoms with van der Waals surface area (Å²) in [5, 5.41) is 9.37. The normalized spacial score (nSPS) is 22.6. The summed E-state index contributed by atoms with van der Waals surface area (Å²) in [4.78, 5) is 25.2. The van der Waals surface area contributed by atoms with Gasteiger partial charge in [0.25, 0.3) is 0 Å². The second-order valence-corrected chi connectivity index (χ2v) is 5.39. The number of carbonyl (C=O) groups is 2. The Morgan fingerprint density at radius 1 is 1.40 bits per heavy atom. The molecular weight excluding hydrogens is 261 g/mol. The number of carbonyl (C=O) groups excluding carboxylic acids is 1. The van der Waals surface area contributed by atoms with E-state index in [2.05, 4.69) is 0 Å². The van der Waals surface area contributed by atoms with E-state index in [-0.39, 0.29) is 12.3 Å². The van der Waals surface area contributed by atoms with Gasteiger partial charge < -0.3 is 10.0 Å². The molecule has 1 heterocycles. The molecule has 1 aromatic rings. The van der Waals surface area contributed by atoms with Crippen molar-refractivity contribution in [3.05, 3.63) is 35.6 Å². The minimum atomic E-state index is -1.15. The number of carboxylic acids is 1. The van der Waals surface area contributed by atoms with Gasteiger partial charge in [-0.1, -0.05) is 12.1 Å². The fraction of sp³-hybridized carbons (Fsp3) is 0.467. The Bertz CT molecular complexity index is 532. The van der Waals surface area contributed by atoms with Gasteiger partial charge in [0.2, 0.25) is 5.91 Å². The first-order valence-corrected chi connectivity index (χ1v) is 6.72. The molecule has 0 spiro atoms. The van der Waals surface area contributed by atoms with Crippen molar-refractivity contribution < 1.29 is 19.1 Å². The van der Waals surface area contributed by atoms with Gasteiger partial charge in [-0.2, -0.15) is 0 Å². The van der Waals surface area contributed by atoms with Gasteiger partial charge >= 0.3 is 5.97 Å². The Morgan fingerprint density at radius 2 is 2.15 bits per heavy atom. The second-order valence-electron chi connectivity index (χ2n) is 5.39. The van der Waals surface area contributed by atoms with E-state index in [0.717, 1.165) is 12.8 Å². The molecule has 1 N–H and O–H groups in total. The van der Waals surface area contributed by atoms with Crippen LogP contribution >= 0.6 is 0 Å². The lowest BCUT2D eigenvalue weighted by molar-refractivity contribution is -0.160. The van der Waals surface area contributed by atoms with Crippen molar-refractivity contribution in [1.29, 1.82) is 0 Å². The molecule has 1 aromatic carbocycles. The number of carboxylic acid groups (broad SMARTS) is 1. The average molecular weight is 279 g/mol. The molecule has 1 unspecified atom stereocenters. The highest BCUT2D eigenvalue weighted by molar-refractivity contribution is 5.88. The molecule has 4 nitrogen and oxygen atoms in total. The third-order valence-electron chi connectivity index (χ3n) is 3.90. The van der Waals surface area contributed by atoms with Crippen LogP contribution in [-0.2, 0) is 16.0 Å². The fourth-order valence-electron chi connectivity index (χ4n) is 2.66. The summed E-state index contributed by atoms with van der Waals surface area (Å²) in [6.07, 6.45) is 2.09. The van der Waals surface area contributed by atoms with Crippen LogP contribution in [0.5, 0.6) is 0 Å². The van der Waals surface area contributed by atoms with Gasteiger partial charge in [-0.15, -0.1) is 0 Å². The molecule has 0 bridgehead atoms. The quantitative estimate of drug-likeness (QED) is 0.923. The van der Waals surface area contributed by atoms with Crippen molar-refractivity contribution in [3.63, 3.8) is 0 Å². The summed E-state index contributed by atoms with van der Waals surface area (Å²) in [6, 6.07) is 5.84. The highest BCUT2D eigenvalue weighted by Crippen LogP contribution is 2.29. The Morgan fingerprint density at radius 3 is 2.80 bits per heavy atom. The molecule has 20 heavy (non-hydrogen) atoms. The van der Waals surface area contributed by atoms with Crippen LogP contribution in [0.4, 0.5) is 4.39 Å². The standard InChI is InChI=1S/C15H18FNO3/c1-15(14(19)20)7-2-3-8-17(15)13(18)10-11-5-4-6-12(16)9-11/h4-6,9H,2-3,7-8,10H2,1H3,(H,19,20). The van der Waals surface area contributed by atoms with Gasteiger partial charge in [0.05, 0.1) is 6.42 Å². The van der Waals surface area contributed by atoms with Gasteiger partial charge in [0.1, 0.15) is 11.4 Å². The lowest BCUT2D eigenvalue weighted by Gasteiger charge is -2.41. The Balaban J connectivity index is 2.16. The second kappa shape index (κ2) is 5.61. The van der Waals surface area contributed by atoms with E-state index in [0.29, 0.717) is 18.5 Å². The topological polar surface area (TPSA) is 57.6 Å². The van der Waals surface area contributed by atoms with E-state index in [1.165, 1.54) is 17.0 Å². The molecule has 1 aliphatic heterocycles. The van der Waals surface area contributed by atoms with Crippen LogP contribution in [0.15, 0.2) is 24.3 Å². The molecule has 1 saturated heterocycles. The monoisotopic (exact) mass is 279 g/mol. The van der Waals surface area contributed by atoms with E-state index in [1.807, 2.05) is 0 Å². The molecule has 1 amide bonds. The Kier molecular flexibility index (Phi) is 4.06. The molecule has 0 aliphatic carbocycles. The summed E-state index contributed by atoms with van der Waals surface area (Å²) in [6.45, 7) is 2.02. The molecule has 1 fully saturated rings. The smallest absolute Gasteiger partial charge is 0.329 e. The Labute approximate surface area is 117 Å². The summed E-state index contributed by atoms with van der Waals surface area (Å²) in [5.74, 6) is -1.64. The molecule has 0 saturated carbocycles. The number of hydrogen-bond acceptors (Lipinski definition) is 2. The number of halogens is 1. The minimum Gasteiger partial charge on any atom is -0.480 e. The third kappa shape index (κ3) is 2.81. The fourth-order valence-corrected chi connectivity index (χ4v) is 2.66. The highest BCUT2D eigenvalue weighted by Gasteiger charge is 2.43. The van der Waals surface area contributed by atoms with E-state index in [4.69, 9.17) is 0 Å². The molecule has 5 heteroatoms. The minimum absolute atomic E-state index is 0.0284. The predicted molar refractivity (Wildman–Crippen MR) is 71.7 cm³/mol. The molecule has 1 aliphatic rings. The number of aliphatic carboxylic acids is 1. The van der Waals surface area contributed by atoms with E-state index in [9.17, 15) is 19.1 Å². The summed E-state index contributed by atoms with van der Waals surface area (Å²) < 4.78 is 13.1. The number of hydrogen-bond donors (Lipinski definition) is 1. The number of nitrogens with zero attached hydrogens (tertiary/aromatic N) is 1. The Hall–Kier alpha value is -1.91. The summed E-state index contributed by atoms with van der Waals surface area (Å²) in [7, 11) is 0. The van der Waals surface area contributed by atoms with Crippen molar-refractivity contribution in [1.82, 2.24) is 4.90 Å². The van der Waals surface area contributed by atoms with Crippen molar-refractivity contribution in [2.75, 3.05) is 6.54 Å². The van der Waals surface area contributed by atoms with Crippen LogP contribution in [0.1, 0.15) is 31.7 Å². The zero-order chi connectivity index (χ0) is 14.8. The van der Waals surface area contributed by atoms with Crippen LogP contribution in [0, 0.1) is 5.82 Å². The average Bonchev–Trinajstić information content (AvgIpc) is 2.39. The highest BCUT2D eigenvalue weighted by atomic mass is 19.1.